The van der Waals surface area contributed by atoms with Crippen molar-refractivity contribution < 1.29 is 4.92 Å². The van der Waals surface area contributed by atoms with Gasteiger partial charge in [-0.2, -0.15) is 0 Å². The van der Waals surface area contributed by atoms with Crippen LogP contribution in [0.25, 0.3) is 0 Å². The number of hydrogen-bond donors (Lipinski definition) is 2. The first-order valence-electron chi connectivity index (χ1n) is 4.45. The Hall–Kier alpha value is -1.62. The van der Waals surface area contributed by atoms with Crippen LogP contribution >= 0.6 is 0 Å². The number of nitrogens with zero attached hydrogens (tertiary/aromatic N) is 1. The molecule has 0 aromatic heterocycles. The number of benzene rings is 1. The lowest BCUT2D eigenvalue weighted by Gasteiger charge is -2.18. The number of anilines is 1. The molecule has 0 radical (unpaired) electrons. The summed E-state index contributed by atoms with van der Waals surface area (Å²) in [6.45, 7) is 1.40. The highest BCUT2D eigenvalue weighted by molar-refractivity contribution is 5.59. The van der Waals surface area contributed by atoms with Crippen molar-refractivity contribution in [1.82, 2.24) is 5.32 Å². The van der Waals surface area contributed by atoms with E-state index in [1.807, 2.05) is 0 Å². The predicted molar refractivity (Wildman–Crippen MR) is 52.9 cm³/mol. The van der Waals surface area contributed by atoms with Gasteiger partial charge in [-0.25, -0.2) is 0 Å². The lowest BCUT2D eigenvalue weighted by atomic mass is 9.97. The van der Waals surface area contributed by atoms with Crippen molar-refractivity contribution in [2.45, 2.75) is 13.0 Å². The minimum atomic E-state index is -0.344. The fourth-order valence-corrected chi connectivity index (χ4v) is 1.78. The highest BCUT2D eigenvalue weighted by Gasteiger charge is 2.21. The summed E-state index contributed by atoms with van der Waals surface area (Å²) in [6.07, 6.45) is 0.677. The maximum Gasteiger partial charge on any atom is 0.273 e. The number of nitro groups is 1. The smallest absolute Gasteiger partial charge is 0.273 e. The molecular weight excluding hydrogens is 182 g/mol. The quantitative estimate of drug-likeness (QED) is 0.393. The van der Waals surface area contributed by atoms with Gasteiger partial charge in [0.2, 0.25) is 0 Å². The van der Waals surface area contributed by atoms with Gasteiger partial charge in [-0.1, -0.05) is 0 Å². The fourth-order valence-electron chi connectivity index (χ4n) is 1.78. The van der Waals surface area contributed by atoms with E-state index in [4.69, 9.17) is 5.73 Å². The Labute approximate surface area is 81.1 Å². The van der Waals surface area contributed by atoms with Crippen LogP contribution in [0.5, 0.6) is 0 Å². The minimum Gasteiger partial charge on any atom is -0.398 e. The molecule has 0 bridgehead atoms. The summed E-state index contributed by atoms with van der Waals surface area (Å²) in [6, 6.07) is 3.09. The minimum absolute atomic E-state index is 0.190. The summed E-state index contributed by atoms with van der Waals surface area (Å²) >= 11 is 0. The van der Waals surface area contributed by atoms with Crippen LogP contribution in [0.3, 0.4) is 0 Å². The standard InChI is InChI=1S/C9H11N3O2/c10-8-1-2-9(12(13)14)6-3-4-11-5-7(6)8/h1-2,11H,3-5,10H2. The van der Waals surface area contributed by atoms with Gasteiger partial charge >= 0.3 is 0 Å². The van der Waals surface area contributed by atoms with Crippen LogP contribution in [-0.2, 0) is 13.0 Å². The SMILES string of the molecule is Nc1ccc([N+](=O)[O-])c2c1CNCC2. The maximum atomic E-state index is 10.7. The molecule has 2 rings (SSSR count). The van der Waals surface area contributed by atoms with Gasteiger partial charge in [-0.15, -0.1) is 0 Å². The molecule has 1 aliphatic heterocycles. The number of nitrogens with one attached hydrogen (secondary N) is 1. The highest BCUT2D eigenvalue weighted by Crippen LogP contribution is 2.29. The normalized spacial score (nSPS) is 14.9. The van der Waals surface area contributed by atoms with Crippen LogP contribution in [-0.4, -0.2) is 11.5 Å². The van der Waals surface area contributed by atoms with Crippen LogP contribution < -0.4 is 11.1 Å². The first kappa shape index (κ1) is 8.96. The number of hydrogen-bond acceptors (Lipinski definition) is 4. The number of nitrogens with two attached hydrogens (primary N) is 1. The average Bonchev–Trinajstić information content (AvgIpc) is 2.18. The molecule has 0 aliphatic carbocycles. The number of nitrogen functional groups attached to an aromatic ring is 1. The van der Waals surface area contributed by atoms with E-state index in [-0.39, 0.29) is 10.6 Å². The zero-order chi connectivity index (χ0) is 10.1. The molecule has 1 aromatic carbocycles. The van der Waals surface area contributed by atoms with E-state index in [0.29, 0.717) is 18.7 Å². The van der Waals surface area contributed by atoms with Crippen molar-refractivity contribution >= 4 is 11.4 Å². The zero-order valence-electron chi connectivity index (χ0n) is 7.62. The molecule has 0 amide bonds. The van der Waals surface area contributed by atoms with Crippen molar-refractivity contribution in [2.24, 2.45) is 0 Å². The predicted octanol–water partition coefficient (Wildman–Crippen LogP) is 0.823. The third-order valence-corrected chi connectivity index (χ3v) is 2.49. The Morgan fingerprint density at radius 3 is 2.93 bits per heavy atom. The Balaban J connectivity index is 2.59. The summed E-state index contributed by atoms with van der Waals surface area (Å²) in [4.78, 5) is 10.4. The van der Waals surface area contributed by atoms with Crippen molar-refractivity contribution in [1.29, 1.82) is 0 Å². The van der Waals surface area contributed by atoms with Crippen LogP contribution in [0.4, 0.5) is 11.4 Å². The molecule has 5 nitrogen and oxygen atoms in total. The van der Waals surface area contributed by atoms with E-state index in [2.05, 4.69) is 5.32 Å². The number of nitro benzene ring substituents is 1. The molecule has 74 valence electrons. The van der Waals surface area contributed by atoms with Gasteiger partial charge in [-0.3, -0.25) is 10.1 Å². The van der Waals surface area contributed by atoms with Crippen LogP contribution in [0.2, 0.25) is 0 Å². The summed E-state index contributed by atoms with van der Waals surface area (Å²) < 4.78 is 0. The second-order valence-corrected chi connectivity index (χ2v) is 3.31. The second-order valence-electron chi connectivity index (χ2n) is 3.31. The van der Waals surface area contributed by atoms with Crippen molar-refractivity contribution in [3.05, 3.63) is 33.4 Å². The summed E-state index contributed by atoms with van der Waals surface area (Å²) in [5.74, 6) is 0. The molecule has 0 unspecified atom stereocenters. The maximum absolute atomic E-state index is 10.7. The Morgan fingerprint density at radius 1 is 1.43 bits per heavy atom. The zero-order valence-corrected chi connectivity index (χ0v) is 7.62. The molecule has 1 aliphatic rings. The molecule has 1 aromatic rings. The lowest BCUT2D eigenvalue weighted by Crippen LogP contribution is -2.25. The first-order valence-corrected chi connectivity index (χ1v) is 4.45. The van der Waals surface area contributed by atoms with Crippen LogP contribution in [0.1, 0.15) is 11.1 Å². The fraction of sp³-hybridized carbons (Fsp3) is 0.333. The van der Waals surface area contributed by atoms with Gasteiger partial charge in [0.15, 0.2) is 0 Å². The molecule has 0 saturated heterocycles. The molecular formula is C9H11N3O2. The Morgan fingerprint density at radius 2 is 2.21 bits per heavy atom. The molecule has 3 N–H and O–H groups in total. The lowest BCUT2D eigenvalue weighted by molar-refractivity contribution is -0.385. The van der Waals surface area contributed by atoms with Crippen molar-refractivity contribution in [3.8, 4) is 0 Å². The van der Waals surface area contributed by atoms with E-state index < -0.39 is 0 Å². The molecule has 1 heterocycles. The van der Waals surface area contributed by atoms with Gasteiger partial charge in [0.05, 0.1) is 4.92 Å². The van der Waals surface area contributed by atoms with Gasteiger partial charge < -0.3 is 11.1 Å². The van der Waals surface area contributed by atoms with E-state index in [9.17, 15) is 10.1 Å². The largest absolute Gasteiger partial charge is 0.398 e. The number of rotatable bonds is 1. The van der Waals surface area contributed by atoms with Crippen LogP contribution in [0.15, 0.2) is 12.1 Å². The number of fused-ring (bicyclic) bond motifs is 1. The summed E-state index contributed by atoms with van der Waals surface area (Å²) in [7, 11) is 0. The molecule has 14 heavy (non-hydrogen) atoms. The summed E-state index contributed by atoms with van der Waals surface area (Å²) in [5, 5.41) is 13.9. The average molecular weight is 193 g/mol. The van der Waals surface area contributed by atoms with Gasteiger partial charge in [0.25, 0.3) is 5.69 Å². The third-order valence-electron chi connectivity index (χ3n) is 2.49. The van der Waals surface area contributed by atoms with E-state index in [1.54, 1.807) is 6.07 Å². The van der Waals surface area contributed by atoms with E-state index in [1.165, 1.54) is 6.07 Å². The highest BCUT2D eigenvalue weighted by atomic mass is 16.6. The Bertz CT molecular complexity index is 390. The van der Waals surface area contributed by atoms with E-state index in [0.717, 1.165) is 17.7 Å². The van der Waals surface area contributed by atoms with Crippen molar-refractivity contribution in [2.75, 3.05) is 12.3 Å². The van der Waals surface area contributed by atoms with E-state index >= 15 is 0 Å². The third kappa shape index (κ3) is 1.31. The first-order chi connectivity index (χ1) is 6.70. The van der Waals surface area contributed by atoms with Crippen molar-refractivity contribution in [3.63, 3.8) is 0 Å². The van der Waals surface area contributed by atoms with Gasteiger partial charge in [0.1, 0.15) is 0 Å². The van der Waals surface area contributed by atoms with Crippen LogP contribution in [0, 0.1) is 10.1 Å². The topological polar surface area (TPSA) is 81.2 Å². The molecule has 0 spiro atoms. The monoisotopic (exact) mass is 193 g/mol. The molecule has 0 saturated carbocycles. The molecule has 0 atom stereocenters. The molecule has 5 heteroatoms. The second kappa shape index (κ2) is 3.26. The van der Waals surface area contributed by atoms with Gasteiger partial charge in [-0.05, 0) is 24.6 Å². The van der Waals surface area contributed by atoms with Gasteiger partial charge in [0, 0.05) is 23.9 Å². The Kier molecular flexibility index (Phi) is 2.09. The molecule has 0 fully saturated rings. The summed E-state index contributed by atoms with van der Waals surface area (Å²) in [5.41, 5.74) is 8.24.